The number of aromatic nitrogens is 2. The summed E-state index contributed by atoms with van der Waals surface area (Å²) in [4.78, 5) is 54.7. The Morgan fingerprint density at radius 3 is 2.45 bits per heavy atom. The van der Waals surface area contributed by atoms with Gasteiger partial charge in [0.2, 0.25) is 10.0 Å². The predicted molar refractivity (Wildman–Crippen MR) is 162 cm³/mol. The van der Waals surface area contributed by atoms with Crippen molar-refractivity contribution in [1.82, 2.24) is 29.6 Å². The van der Waals surface area contributed by atoms with Crippen LogP contribution in [0.3, 0.4) is 0 Å². The van der Waals surface area contributed by atoms with E-state index in [0.717, 1.165) is 19.3 Å². The second-order valence-electron chi connectivity index (χ2n) is 12.3. The second-order valence-corrected chi connectivity index (χ2v) is 14.2. The Kier molecular flexibility index (Phi) is 12.6. The number of aryl methyl sites for hydroxylation is 1. The Labute approximate surface area is 260 Å². The lowest BCUT2D eigenvalue weighted by Gasteiger charge is -2.34. The van der Waals surface area contributed by atoms with Crippen molar-refractivity contribution < 1.29 is 37.1 Å². The minimum atomic E-state index is -3.76. The molecule has 15 heteroatoms. The number of likely N-dealkylation sites (tertiary alicyclic amines) is 1. The van der Waals surface area contributed by atoms with E-state index in [1.807, 2.05) is 27.7 Å². The average molecular weight is 641 g/mol. The minimum Gasteiger partial charge on any atom is -0.465 e. The fourth-order valence-corrected chi connectivity index (χ4v) is 6.54. The summed E-state index contributed by atoms with van der Waals surface area (Å²) in [6, 6.07) is 0.134. The van der Waals surface area contributed by atoms with Crippen LogP contribution in [-0.4, -0.2) is 109 Å². The number of unbranched alkanes of at least 4 members (excludes halogenated alkanes) is 1. The summed E-state index contributed by atoms with van der Waals surface area (Å²) in [5.41, 5.74) is -0.233. The molecule has 1 aromatic rings. The molecule has 44 heavy (non-hydrogen) atoms. The zero-order valence-electron chi connectivity index (χ0n) is 26.6. The van der Waals surface area contributed by atoms with E-state index in [0.29, 0.717) is 63.6 Å². The summed E-state index contributed by atoms with van der Waals surface area (Å²) in [5, 5.41) is 6.88. The number of nitrogens with one attached hydrogen (secondary N) is 2. The summed E-state index contributed by atoms with van der Waals surface area (Å²) in [7, 11) is -3.76. The van der Waals surface area contributed by atoms with Gasteiger partial charge in [-0.05, 0) is 65.7 Å². The van der Waals surface area contributed by atoms with Gasteiger partial charge in [0.05, 0.1) is 12.4 Å². The SMILES string of the molecule is CCCCS(=O)(=O)N[C@@H](CNC(=O)c1cc2n(n1)CCCN(CCC1CCN(C(=O)OC(C)(C)C)CC1)C2=O)C(=O)OCC. The highest BCUT2D eigenvalue weighted by atomic mass is 32.2. The van der Waals surface area contributed by atoms with Crippen LogP contribution in [0.5, 0.6) is 0 Å². The molecule has 3 heterocycles. The van der Waals surface area contributed by atoms with E-state index in [4.69, 9.17) is 9.47 Å². The topological polar surface area (TPSA) is 169 Å². The van der Waals surface area contributed by atoms with E-state index >= 15 is 0 Å². The van der Waals surface area contributed by atoms with Crippen molar-refractivity contribution in [3.8, 4) is 0 Å². The average Bonchev–Trinajstić information content (AvgIpc) is 3.33. The molecule has 1 atom stereocenters. The van der Waals surface area contributed by atoms with Crippen molar-refractivity contribution in [2.75, 3.05) is 45.1 Å². The van der Waals surface area contributed by atoms with Crippen LogP contribution in [-0.2, 0) is 30.8 Å². The predicted octanol–water partition coefficient (Wildman–Crippen LogP) is 2.15. The zero-order valence-corrected chi connectivity index (χ0v) is 27.4. The monoisotopic (exact) mass is 640 g/mol. The maximum Gasteiger partial charge on any atom is 0.410 e. The van der Waals surface area contributed by atoms with Gasteiger partial charge in [0.1, 0.15) is 17.3 Å². The Morgan fingerprint density at radius 2 is 1.82 bits per heavy atom. The van der Waals surface area contributed by atoms with Gasteiger partial charge in [-0.25, -0.2) is 13.2 Å². The van der Waals surface area contributed by atoms with Crippen LogP contribution in [0.4, 0.5) is 4.79 Å². The molecule has 3 rings (SSSR count). The fourth-order valence-electron chi connectivity index (χ4n) is 5.14. The molecule has 0 aromatic carbocycles. The van der Waals surface area contributed by atoms with Gasteiger partial charge in [0.15, 0.2) is 5.69 Å². The van der Waals surface area contributed by atoms with Gasteiger partial charge in [-0.3, -0.25) is 19.1 Å². The lowest BCUT2D eigenvalue weighted by Crippen LogP contribution is -2.49. The molecule has 0 radical (unpaired) electrons. The number of ether oxygens (including phenoxy) is 2. The molecule has 0 saturated carbocycles. The largest absolute Gasteiger partial charge is 0.465 e. The van der Waals surface area contributed by atoms with Crippen LogP contribution < -0.4 is 10.0 Å². The van der Waals surface area contributed by atoms with E-state index < -0.39 is 33.5 Å². The number of hydrogen-bond acceptors (Lipinski definition) is 9. The van der Waals surface area contributed by atoms with Crippen LogP contribution in [0.1, 0.15) is 94.1 Å². The summed E-state index contributed by atoms with van der Waals surface area (Å²) in [5.74, 6) is -1.42. The number of fused-ring (bicyclic) bond motifs is 1. The van der Waals surface area contributed by atoms with Gasteiger partial charge in [-0.1, -0.05) is 13.3 Å². The molecule has 1 saturated heterocycles. The zero-order chi connectivity index (χ0) is 32.5. The summed E-state index contributed by atoms with van der Waals surface area (Å²) in [6.07, 6.45) is 3.95. The third-order valence-electron chi connectivity index (χ3n) is 7.52. The lowest BCUT2D eigenvalue weighted by molar-refractivity contribution is -0.144. The first-order valence-corrected chi connectivity index (χ1v) is 17.2. The molecule has 0 spiro atoms. The Hall–Kier alpha value is -3.20. The van der Waals surface area contributed by atoms with Gasteiger partial charge in [-0.2, -0.15) is 9.82 Å². The van der Waals surface area contributed by atoms with E-state index in [1.165, 1.54) is 10.7 Å². The number of carbonyl (C=O) groups is 4. The Morgan fingerprint density at radius 1 is 1.11 bits per heavy atom. The molecule has 14 nitrogen and oxygen atoms in total. The van der Waals surface area contributed by atoms with Gasteiger partial charge in [0.25, 0.3) is 11.8 Å². The van der Waals surface area contributed by atoms with E-state index in [9.17, 15) is 27.6 Å². The highest BCUT2D eigenvalue weighted by Gasteiger charge is 2.31. The quantitative estimate of drug-likeness (QED) is 0.307. The Bertz CT molecular complexity index is 1270. The standard InChI is InChI=1S/C29H48N6O8S/c1-6-8-18-44(40,41)32-23(27(38)42-7-2)20-30-25(36)22-19-24-26(37)33(13-9-14-35(24)31-22)15-10-21-11-16-34(17-12-21)28(39)43-29(3,4)5/h19,21,23,32H,6-18,20H2,1-5H3,(H,30,36)/t23-/m0/s1. The van der Waals surface area contributed by atoms with Crippen molar-refractivity contribution in [2.24, 2.45) is 5.92 Å². The Balaban J connectivity index is 1.56. The third-order valence-corrected chi connectivity index (χ3v) is 8.99. The van der Waals surface area contributed by atoms with E-state index in [2.05, 4.69) is 15.1 Å². The molecule has 2 aliphatic heterocycles. The molecule has 248 valence electrons. The number of carbonyl (C=O) groups excluding carboxylic acids is 4. The maximum absolute atomic E-state index is 13.4. The normalized spacial score (nSPS) is 17.1. The van der Waals surface area contributed by atoms with Crippen molar-refractivity contribution >= 4 is 33.9 Å². The number of hydrogen-bond donors (Lipinski definition) is 2. The molecule has 0 unspecified atom stereocenters. The highest BCUT2D eigenvalue weighted by Crippen LogP contribution is 2.24. The first-order valence-electron chi connectivity index (χ1n) is 15.5. The highest BCUT2D eigenvalue weighted by molar-refractivity contribution is 7.89. The molecule has 0 aliphatic carbocycles. The molecule has 2 aliphatic rings. The summed E-state index contributed by atoms with van der Waals surface area (Å²) in [6.45, 7) is 11.6. The number of piperidine rings is 1. The number of rotatable bonds is 13. The second kappa shape index (κ2) is 15.7. The van der Waals surface area contributed by atoms with Gasteiger partial charge in [-0.15, -0.1) is 0 Å². The molecular formula is C29H48N6O8S. The number of nitrogens with zero attached hydrogens (tertiary/aromatic N) is 4. The molecular weight excluding hydrogens is 592 g/mol. The summed E-state index contributed by atoms with van der Waals surface area (Å²) >= 11 is 0. The number of amides is 3. The maximum atomic E-state index is 13.4. The van der Waals surface area contributed by atoms with Crippen molar-refractivity contribution in [3.63, 3.8) is 0 Å². The van der Waals surface area contributed by atoms with Crippen molar-refractivity contribution in [3.05, 3.63) is 17.5 Å². The first-order chi connectivity index (χ1) is 20.7. The molecule has 0 bridgehead atoms. The van der Waals surface area contributed by atoms with Crippen molar-refractivity contribution in [1.29, 1.82) is 0 Å². The van der Waals surface area contributed by atoms with Gasteiger partial charge in [0, 0.05) is 45.3 Å². The first kappa shape index (κ1) is 35.3. The lowest BCUT2D eigenvalue weighted by atomic mass is 9.93. The third kappa shape index (κ3) is 10.5. The van der Waals surface area contributed by atoms with Crippen LogP contribution in [0.25, 0.3) is 0 Å². The summed E-state index contributed by atoms with van der Waals surface area (Å²) < 4.78 is 39.1. The van der Waals surface area contributed by atoms with E-state index in [-0.39, 0.29) is 36.6 Å². The van der Waals surface area contributed by atoms with Crippen LogP contribution >= 0.6 is 0 Å². The van der Waals surface area contributed by atoms with Gasteiger partial charge >= 0.3 is 12.1 Å². The fraction of sp³-hybridized carbons (Fsp3) is 0.759. The molecule has 1 fully saturated rings. The van der Waals surface area contributed by atoms with Crippen LogP contribution in [0, 0.1) is 5.92 Å². The molecule has 3 amide bonds. The van der Waals surface area contributed by atoms with Crippen LogP contribution in [0.15, 0.2) is 6.07 Å². The smallest absolute Gasteiger partial charge is 0.410 e. The molecule has 2 N–H and O–H groups in total. The number of esters is 1. The molecule has 1 aromatic heterocycles. The van der Waals surface area contributed by atoms with Crippen molar-refractivity contribution in [2.45, 2.75) is 91.3 Å². The number of sulfonamides is 1. The minimum absolute atomic E-state index is 0.00108. The van der Waals surface area contributed by atoms with Crippen LogP contribution in [0.2, 0.25) is 0 Å². The van der Waals surface area contributed by atoms with Gasteiger partial charge < -0.3 is 24.6 Å². The van der Waals surface area contributed by atoms with E-state index in [1.54, 1.807) is 16.7 Å².